The Morgan fingerprint density at radius 2 is 1.74 bits per heavy atom. The molecule has 0 spiro atoms. The molecule has 1 N–H and O–H groups in total. The Balaban J connectivity index is 1.35. The molecule has 0 aliphatic heterocycles. The maximum atomic E-state index is 10.7. The number of ether oxygens (including phenoxy) is 1. The maximum absolute atomic E-state index is 10.7. The van der Waals surface area contributed by atoms with Gasteiger partial charge in [-0.1, -0.05) is 26.3 Å². The van der Waals surface area contributed by atoms with Gasteiger partial charge in [0.25, 0.3) is 0 Å². The standard InChI is InChI=1S/C27H33N5O2/c1-26-10-5-11-27(2,17-26)15-20(14-26)32(3)24-9-8-22(29-30-24)21-7-6-18(12-23(21)33)19-13-25(34-4)31-28-16-19/h6-9,12-13,16,20,33H,5,10-11,14-15,17H2,1-4H3/t20-,26-,27+. The van der Waals surface area contributed by atoms with E-state index in [2.05, 4.69) is 46.2 Å². The highest BCUT2D eigenvalue weighted by Crippen LogP contribution is 2.56. The maximum Gasteiger partial charge on any atom is 0.233 e. The first-order valence-electron chi connectivity index (χ1n) is 12.0. The highest BCUT2D eigenvalue weighted by Gasteiger charge is 2.47. The van der Waals surface area contributed by atoms with Crippen LogP contribution in [0.25, 0.3) is 22.4 Å². The first kappa shape index (κ1) is 22.6. The molecule has 2 saturated carbocycles. The van der Waals surface area contributed by atoms with Gasteiger partial charge >= 0.3 is 0 Å². The van der Waals surface area contributed by atoms with Crippen LogP contribution in [-0.4, -0.2) is 45.7 Å². The molecule has 7 heteroatoms. The number of hydrogen-bond acceptors (Lipinski definition) is 7. The van der Waals surface area contributed by atoms with Crippen LogP contribution in [0.15, 0.2) is 42.6 Å². The largest absolute Gasteiger partial charge is 0.507 e. The highest BCUT2D eigenvalue weighted by atomic mass is 16.5. The molecule has 0 radical (unpaired) electrons. The molecule has 0 unspecified atom stereocenters. The zero-order valence-corrected chi connectivity index (χ0v) is 20.5. The van der Waals surface area contributed by atoms with E-state index in [1.165, 1.54) is 38.5 Å². The summed E-state index contributed by atoms with van der Waals surface area (Å²) in [5, 5.41) is 27.6. The quantitative estimate of drug-likeness (QED) is 0.539. The van der Waals surface area contributed by atoms with Crippen molar-refractivity contribution in [1.29, 1.82) is 0 Å². The number of aromatic nitrogens is 4. The number of anilines is 1. The first-order chi connectivity index (χ1) is 16.3. The van der Waals surface area contributed by atoms with E-state index in [0.717, 1.165) is 16.9 Å². The number of rotatable bonds is 5. The van der Waals surface area contributed by atoms with E-state index in [4.69, 9.17) is 4.74 Å². The SMILES string of the molecule is COc1cc(-c2ccc(-c3ccc(N(C)[C@H]4C[C@]5(C)CCC[C@](C)(C4)C5)nn3)c(O)c2)cnn1. The van der Waals surface area contributed by atoms with Gasteiger partial charge in [0.1, 0.15) is 5.75 Å². The third-order valence-corrected chi connectivity index (χ3v) is 7.88. The average molecular weight is 460 g/mol. The monoisotopic (exact) mass is 459 g/mol. The number of phenolic OH excluding ortho intramolecular Hbond substituents is 1. The highest BCUT2D eigenvalue weighted by molar-refractivity contribution is 5.74. The second-order valence-electron chi connectivity index (χ2n) is 10.8. The lowest BCUT2D eigenvalue weighted by Crippen LogP contribution is -2.49. The molecule has 2 aliphatic rings. The fourth-order valence-corrected chi connectivity index (χ4v) is 6.36. The van der Waals surface area contributed by atoms with Crippen LogP contribution in [-0.2, 0) is 0 Å². The van der Waals surface area contributed by atoms with Crippen molar-refractivity contribution in [1.82, 2.24) is 20.4 Å². The molecule has 1 aromatic carbocycles. The summed E-state index contributed by atoms with van der Waals surface area (Å²) in [6, 6.07) is 11.7. The van der Waals surface area contributed by atoms with Gasteiger partial charge in [-0.3, -0.25) is 0 Å². The van der Waals surface area contributed by atoms with Crippen molar-refractivity contribution in [3.63, 3.8) is 0 Å². The van der Waals surface area contributed by atoms with Crippen molar-refractivity contribution in [3.8, 4) is 34.0 Å². The van der Waals surface area contributed by atoms with Crippen LogP contribution in [0, 0.1) is 10.8 Å². The Morgan fingerprint density at radius 3 is 2.38 bits per heavy atom. The molecule has 0 saturated heterocycles. The Morgan fingerprint density at radius 1 is 0.971 bits per heavy atom. The van der Waals surface area contributed by atoms with E-state index in [1.807, 2.05) is 24.3 Å². The third kappa shape index (κ3) is 4.31. The fourth-order valence-electron chi connectivity index (χ4n) is 6.36. The van der Waals surface area contributed by atoms with Gasteiger partial charge in [-0.15, -0.1) is 15.3 Å². The summed E-state index contributed by atoms with van der Waals surface area (Å²) in [5.74, 6) is 1.45. The van der Waals surface area contributed by atoms with E-state index < -0.39 is 0 Å². The van der Waals surface area contributed by atoms with Crippen molar-refractivity contribution < 1.29 is 9.84 Å². The van der Waals surface area contributed by atoms with Crippen LogP contribution in [0.2, 0.25) is 0 Å². The summed E-state index contributed by atoms with van der Waals surface area (Å²) in [5.41, 5.74) is 3.79. The molecule has 2 aliphatic carbocycles. The Bertz CT molecular complexity index is 1170. The lowest BCUT2D eigenvalue weighted by atomic mass is 9.55. The molecule has 0 amide bonds. The molecule has 2 heterocycles. The molecule has 2 aromatic heterocycles. The molecule has 7 nitrogen and oxygen atoms in total. The molecule has 178 valence electrons. The zero-order valence-electron chi connectivity index (χ0n) is 20.5. The van der Waals surface area contributed by atoms with Crippen LogP contribution in [0.4, 0.5) is 5.82 Å². The summed E-state index contributed by atoms with van der Waals surface area (Å²) in [4.78, 5) is 2.31. The normalized spacial score (nSPS) is 26.2. The molecular weight excluding hydrogens is 426 g/mol. The Hall–Kier alpha value is -3.22. The molecule has 3 aromatic rings. The molecule has 34 heavy (non-hydrogen) atoms. The average Bonchev–Trinajstić information content (AvgIpc) is 2.82. The van der Waals surface area contributed by atoms with E-state index in [1.54, 1.807) is 25.4 Å². The van der Waals surface area contributed by atoms with Gasteiger partial charge in [-0.2, -0.15) is 5.10 Å². The van der Waals surface area contributed by atoms with Crippen molar-refractivity contribution in [2.24, 2.45) is 10.8 Å². The predicted octanol–water partition coefficient (Wildman–Crippen LogP) is 5.50. The van der Waals surface area contributed by atoms with Crippen molar-refractivity contribution in [2.45, 2.75) is 58.4 Å². The van der Waals surface area contributed by atoms with E-state index in [9.17, 15) is 5.11 Å². The fraction of sp³-hybridized carbons (Fsp3) is 0.481. The lowest BCUT2D eigenvalue weighted by molar-refractivity contribution is 0.0141. The van der Waals surface area contributed by atoms with Crippen LogP contribution < -0.4 is 9.64 Å². The van der Waals surface area contributed by atoms with Gasteiger partial charge in [-0.05, 0) is 72.8 Å². The first-order valence-corrected chi connectivity index (χ1v) is 12.0. The van der Waals surface area contributed by atoms with Crippen LogP contribution in [0.5, 0.6) is 11.6 Å². The summed E-state index contributed by atoms with van der Waals surface area (Å²) in [6.07, 6.45) is 9.41. The second-order valence-corrected chi connectivity index (χ2v) is 10.8. The predicted molar refractivity (Wildman–Crippen MR) is 133 cm³/mol. The minimum Gasteiger partial charge on any atom is -0.507 e. The van der Waals surface area contributed by atoms with Gasteiger partial charge in [0.15, 0.2) is 5.82 Å². The number of fused-ring (bicyclic) bond motifs is 2. The summed E-state index contributed by atoms with van der Waals surface area (Å²) < 4.78 is 5.15. The molecule has 5 rings (SSSR count). The van der Waals surface area contributed by atoms with Gasteiger partial charge in [0.2, 0.25) is 5.88 Å². The number of nitrogens with zero attached hydrogens (tertiary/aromatic N) is 5. The molecule has 2 bridgehead atoms. The van der Waals surface area contributed by atoms with E-state index >= 15 is 0 Å². The zero-order chi connectivity index (χ0) is 23.9. The smallest absolute Gasteiger partial charge is 0.233 e. The third-order valence-electron chi connectivity index (χ3n) is 7.88. The number of benzene rings is 1. The minimum absolute atomic E-state index is 0.143. The van der Waals surface area contributed by atoms with Crippen LogP contribution in [0.3, 0.4) is 0 Å². The number of phenols is 1. The van der Waals surface area contributed by atoms with Crippen molar-refractivity contribution >= 4 is 5.82 Å². The number of aromatic hydroxyl groups is 1. The van der Waals surface area contributed by atoms with Crippen molar-refractivity contribution in [3.05, 3.63) is 42.6 Å². The van der Waals surface area contributed by atoms with Crippen LogP contribution in [0.1, 0.15) is 52.4 Å². The van der Waals surface area contributed by atoms with Gasteiger partial charge < -0.3 is 14.7 Å². The summed E-state index contributed by atoms with van der Waals surface area (Å²) in [6.45, 7) is 4.92. The van der Waals surface area contributed by atoms with Crippen molar-refractivity contribution in [2.75, 3.05) is 19.1 Å². The summed E-state index contributed by atoms with van der Waals surface area (Å²) in [7, 11) is 3.69. The van der Waals surface area contributed by atoms with E-state index in [-0.39, 0.29) is 5.75 Å². The van der Waals surface area contributed by atoms with Gasteiger partial charge in [0.05, 0.1) is 19.0 Å². The van der Waals surface area contributed by atoms with E-state index in [0.29, 0.717) is 34.0 Å². The Kier molecular flexibility index (Phi) is 5.66. The van der Waals surface area contributed by atoms with Gasteiger partial charge in [-0.25, -0.2) is 0 Å². The summed E-state index contributed by atoms with van der Waals surface area (Å²) >= 11 is 0. The molecule has 2 fully saturated rings. The number of hydrogen-bond donors (Lipinski definition) is 1. The lowest BCUT2D eigenvalue weighted by Gasteiger charge is -2.54. The minimum atomic E-state index is 0.143. The second kappa shape index (κ2) is 8.53. The number of methoxy groups -OCH3 is 1. The Labute approximate surface area is 201 Å². The molecule has 3 atom stereocenters. The van der Waals surface area contributed by atoms with Crippen LogP contribution >= 0.6 is 0 Å². The topological polar surface area (TPSA) is 84.3 Å². The van der Waals surface area contributed by atoms with Gasteiger partial charge in [0, 0.05) is 30.3 Å². The molecular formula is C27H33N5O2.